The average Bonchev–Trinajstić information content (AvgIpc) is 2.25. The predicted molar refractivity (Wildman–Crippen MR) is 61.5 cm³/mol. The molecule has 1 N–H and O–H groups in total. The lowest BCUT2D eigenvalue weighted by atomic mass is 10.1. The second-order valence-electron chi connectivity index (χ2n) is 2.82. The normalized spacial score (nSPS) is 10.1. The maximum absolute atomic E-state index is 10.9. The largest absolute Gasteiger partial charge is 0.478 e. The zero-order chi connectivity index (χ0) is 12.0. The fourth-order valence-electron chi connectivity index (χ4n) is 1.15. The van der Waals surface area contributed by atoms with E-state index in [-0.39, 0.29) is 12.1 Å². The molecule has 16 heavy (non-hydrogen) atoms. The van der Waals surface area contributed by atoms with Gasteiger partial charge in [0, 0.05) is 22.0 Å². The van der Waals surface area contributed by atoms with Crippen molar-refractivity contribution in [3.8, 4) is 0 Å². The summed E-state index contributed by atoms with van der Waals surface area (Å²) in [7, 11) is 0. The molecular weight excluding hydrogens is 230 g/mol. The number of carboxylic acid groups (broad SMARTS) is 1. The Balaban J connectivity index is 3.05. The highest BCUT2D eigenvalue weighted by molar-refractivity contribution is 6.32. The van der Waals surface area contributed by atoms with E-state index in [0.717, 1.165) is 0 Å². The van der Waals surface area contributed by atoms with Gasteiger partial charge in [0.2, 0.25) is 0 Å². The lowest BCUT2D eigenvalue weighted by molar-refractivity contribution is 0.0696. The Bertz CT molecular complexity index is 479. The molecule has 82 valence electrons. The number of aromatic carboxylic acids is 1. The number of azide groups is 1. The van der Waals surface area contributed by atoms with Gasteiger partial charge >= 0.3 is 5.97 Å². The standard InChI is InChI=1S/C10H8ClN3O2/c11-9-5-1-3-8(10(15)16)7(9)4-2-6-13-14-12/h1-5H,6H2,(H,15,16). The van der Waals surface area contributed by atoms with Gasteiger partial charge in [-0.3, -0.25) is 0 Å². The predicted octanol–water partition coefficient (Wildman–Crippen LogP) is 3.36. The molecule has 1 rings (SSSR count). The molecule has 0 aliphatic heterocycles. The zero-order valence-electron chi connectivity index (χ0n) is 8.17. The van der Waals surface area contributed by atoms with E-state index >= 15 is 0 Å². The molecule has 0 atom stereocenters. The molecule has 0 saturated carbocycles. The van der Waals surface area contributed by atoms with Crippen LogP contribution in [0.3, 0.4) is 0 Å². The van der Waals surface area contributed by atoms with Crippen LogP contribution in [0.5, 0.6) is 0 Å². The number of hydrogen-bond donors (Lipinski definition) is 1. The van der Waals surface area contributed by atoms with Gasteiger partial charge in [0.1, 0.15) is 0 Å². The van der Waals surface area contributed by atoms with Gasteiger partial charge in [0.15, 0.2) is 0 Å². The van der Waals surface area contributed by atoms with Gasteiger partial charge in [-0.05, 0) is 17.7 Å². The minimum atomic E-state index is -1.05. The molecule has 0 radical (unpaired) electrons. The first kappa shape index (κ1) is 12.1. The molecule has 0 heterocycles. The number of carbonyl (C=O) groups is 1. The van der Waals surface area contributed by atoms with E-state index in [2.05, 4.69) is 10.0 Å². The summed E-state index contributed by atoms with van der Waals surface area (Å²) in [5.41, 5.74) is 8.59. The summed E-state index contributed by atoms with van der Waals surface area (Å²) >= 11 is 5.87. The fraction of sp³-hybridized carbons (Fsp3) is 0.100. The van der Waals surface area contributed by atoms with Crippen LogP contribution in [0.4, 0.5) is 0 Å². The van der Waals surface area contributed by atoms with Crippen molar-refractivity contribution < 1.29 is 9.90 Å². The summed E-state index contributed by atoms with van der Waals surface area (Å²) < 4.78 is 0. The van der Waals surface area contributed by atoms with E-state index in [4.69, 9.17) is 22.2 Å². The van der Waals surface area contributed by atoms with Crippen LogP contribution in [-0.4, -0.2) is 17.6 Å². The number of halogens is 1. The van der Waals surface area contributed by atoms with Crippen molar-refractivity contribution in [3.63, 3.8) is 0 Å². The third kappa shape index (κ3) is 3.02. The Morgan fingerprint density at radius 3 is 3.00 bits per heavy atom. The number of hydrogen-bond acceptors (Lipinski definition) is 2. The Hall–Kier alpha value is -1.97. The molecule has 1 aromatic carbocycles. The molecule has 6 heteroatoms. The Morgan fingerprint density at radius 1 is 1.62 bits per heavy atom. The third-order valence-electron chi connectivity index (χ3n) is 1.82. The first-order valence-corrected chi connectivity index (χ1v) is 4.74. The number of rotatable bonds is 4. The van der Waals surface area contributed by atoms with Gasteiger partial charge in [-0.15, -0.1) is 0 Å². The van der Waals surface area contributed by atoms with Crippen molar-refractivity contribution in [2.45, 2.75) is 0 Å². The summed E-state index contributed by atoms with van der Waals surface area (Å²) in [6, 6.07) is 4.62. The molecule has 0 unspecified atom stereocenters. The first-order chi connectivity index (χ1) is 7.66. The monoisotopic (exact) mass is 237 g/mol. The highest BCUT2D eigenvalue weighted by atomic mass is 35.5. The SMILES string of the molecule is [N-]=[N+]=NCC=Cc1c(Cl)cccc1C(=O)O. The van der Waals surface area contributed by atoms with E-state index in [9.17, 15) is 4.79 Å². The van der Waals surface area contributed by atoms with Gasteiger partial charge in [0.25, 0.3) is 0 Å². The number of benzene rings is 1. The summed E-state index contributed by atoms with van der Waals surface area (Å²) in [6.07, 6.45) is 3.08. The molecule has 0 fully saturated rings. The maximum Gasteiger partial charge on any atom is 0.336 e. The molecule has 0 bridgehead atoms. The van der Waals surface area contributed by atoms with Crippen LogP contribution in [0.25, 0.3) is 16.5 Å². The smallest absolute Gasteiger partial charge is 0.336 e. The topological polar surface area (TPSA) is 86.1 Å². The Kier molecular flexibility index (Phi) is 4.39. The lowest BCUT2D eigenvalue weighted by Crippen LogP contribution is -1.99. The van der Waals surface area contributed by atoms with E-state index in [1.54, 1.807) is 18.2 Å². The van der Waals surface area contributed by atoms with Crippen molar-refractivity contribution in [2.24, 2.45) is 5.11 Å². The summed E-state index contributed by atoms with van der Waals surface area (Å²) in [5.74, 6) is -1.05. The minimum Gasteiger partial charge on any atom is -0.478 e. The van der Waals surface area contributed by atoms with Crippen molar-refractivity contribution in [1.29, 1.82) is 0 Å². The molecule has 0 aliphatic rings. The van der Waals surface area contributed by atoms with Crippen LogP contribution in [0, 0.1) is 0 Å². The lowest BCUT2D eigenvalue weighted by Gasteiger charge is -2.02. The van der Waals surface area contributed by atoms with E-state index in [1.807, 2.05) is 0 Å². The second-order valence-corrected chi connectivity index (χ2v) is 3.23. The Morgan fingerprint density at radius 2 is 2.38 bits per heavy atom. The van der Waals surface area contributed by atoms with Crippen molar-refractivity contribution in [2.75, 3.05) is 6.54 Å². The highest BCUT2D eigenvalue weighted by Crippen LogP contribution is 2.21. The molecule has 1 aromatic rings. The minimum absolute atomic E-state index is 0.115. The van der Waals surface area contributed by atoms with Crippen molar-refractivity contribution in [3.05, 3.63) is 50.9 Å². The van der Waals surface area contributed by atoms with Crippen LogP contribution < -0.4 is 0 Å². The quantitative estimate of drug-likeness (QED) is 0.494. The molecule has 5 nitrogen and oxygen atoms in total. The van der Waals surface area contributed by atoms with Gasteiger partial charge < -0.3 is 5.11 Å². The molecule has 0 amide bonds. The maximum atomic E-state index is 10.9. The average molecular weight is 238 g/mol. The zero-order valence-corrected chi connectivity index (χ0v) is 8.92. The van der Waals surface area contributed by atoms with E-state index in [1.165, 1.54) is 12.1 Å². The molecule has 0 spiro atoms. The molecule has 0 saturated heterocycles. The third-order valence-corrected chi connectivity index (χ3v) is 2.15. The van der Waals surface area contributed by atoms with Gasteiger partial charge in [-0.1, -0.05) is 34.9 Å². The van der Waals surface area contributed by atoms with Gasteiger partial charge in [-0.2, -0.15) is 0 Å². The molecule has 0 aliphatic carbocycles. The van der Waals surface area contributed by atoms with E-state index < -0.39 is 5.97 Å². The van der Waals surface area contributed by atoms with Crippen LogP contribution in [-0.2, 0) is 0 Å². The van der Waals surface area contributed by atoms with Crippen LogP contribution in [0.1, 0.15) is 15.9 Å². The summed E-state index contributed by atoms with van der Waals surface area (Å²) in [6.45, 7) is 0.154. The van der Waals surface area contributed by atoms with Gasteiger partial charge in [0.05, 0.1) is 5.56 Å². The van der Waals surface area contributed by atoms with Crippen LogP contribution in [0.15, 0.2) is 29.4 Å². The van der Waals surface area contributed by atoms with Crippen molar-refractivity contribution in [1.82, 2.24) is 0 Å². The molecule has 0 aromatic heterocycles. The molecular formula is C10H8ClN3O2. The number of nitrogens with zero attached hydrogens (tertiary/aromatic N) is 3. The van der Waals surface area contributed by atoms with Crippen LogP contribution in [0.2, 0.25) is 5.02 Å². The van der Waals surface area contributed by atoms with E-state index in [0.29, 0.717) is 10.6 Å². The number of carboxylic acids is 1. The summed E-state index contributed by atoms with van der Waals surface area (Å²) in [4.78, 5) is 13.5. The van der Waals surface area contributed by atoms with Gasteiger partial charge in [-0.25, -0.2) is 4.79 Å². The summed E-state index contributed by atoms with van der Waals surface area (Å²) in [5, 5.41) is 12.6. The van der Waals surface area contributed by atoms with Crippen LogP contribution >= 0.6 is 11.6 Å². The van der Waals surface area contributed by atoms with Crippen molar-refractivity contribution >= 4 is 23.6 Å². The first-order valence-electron chi connectivity index (χ1n) is 4.36. The fourth-order valence-corrected chi connectivity index (χ4v) is 1.38. The Labute approximate surface area is 96.6 Å². The second kappa shape index (κ2) is 5.80. The highest BCUT2D eigenvalue weighted by Gasteiger charge is 2.09.